The molecule has 1 aliphatic rings. The van der Waals surface area contributed by atoms with Gasteiger partial charge in [0.05, 0.1) is 13.2 Å². The average molecular weight is 285 g/mol. The number of hydrogen-bond acceptors (Lipinski definition) is 5. The molecule has 0 bridgehead atoms. The maximum absolute atomic E-state index is 12.2. The van der Waals surface area contributed by atoms with Crippen LogP contribution in [-0.4, -0.2) is 37.1 Å². The molecular weight excluding hydrogens is 262 g/mol. The van der Waals surface area contributed by atoms with Crippen molar-refractivity contribution in [3.63, 3.8) is 0 Å². The van der Waals surface area contributed by atoms with Crippen molar-refractivity contribution in [1.29, 1.82) is 0 Å². The normalized spacial score (nSPS) is 21.6. The molecule has 0 aromatic heterocycles. The minimum absolute atomic E-state index is 0.143. The van der Waals surface area contributed by atoms with Crippen molar-refractivity contribution < 1.29 is 23.9 Å². The van der Waals surface area contributed by atoms with E-state index >= 15 is 0 Å². The van der Waals surface area contributed by atoms with Gasteiger partial charge in [0.25, 0.3) is 0 Å². The van der Waals surface area contributed by atoms with Gasteiger partial charge in [0.2, 0.25) is 11.9 Å². The number of hydrogen-bond donors (Lipinski definition) is 1. The zero-order chi connectivity index (χ0) is 15.1. The van der Waals surface area contributed by atoms with Gasteiger partial charge in [0.1, 0.15) is 0 Å². The molecule has 0 heterocycles. The lowest BCUT2D eigenvalue weighted by Crippen LogP contribution is -2.50. The highest BCUT2D eigenvalue weighted by Crippen LogP contribution is 2.31. The molecule has 6 nitrogen and oxygen atoms in total. The predicted molar refractivity (Wildman–Crippen MR) is 71.7 cm³/mol. The molecule has 1 fully saturated rings. The Hall–Kier alpha value is -1.59. The van der Waals surface area contributed by atoms with Gasteiger partial charge in [-0.2, -0.15) is 0 Å². The van der Waals surface area contributed by atoms with E-state index in [1.54, 1.807) is 13.8 Å². The maximum Gasteiger partial charge on any atom is 0.340 e. The Bertz CT molecular complexity index is 351. The second-order valence-corrected chi connectivity index (χ2v) is 4.96. The van der Waals surface area contributed by atoms with Gasteiger partial charge < -0.3 is 14.8 Å². The predicted octanol–water partition coefficient (Wildman–Crippen LogP) is 1.03. The minimum Gasteiger partial charge on any atom is -0.464 e. The largest absolute Gasteiger partial charge is 0.464 e. The monoisotopic (exact) mass is 285 g/mol. The Morgan fingerprint density at radius 3 is 2.05 bits per heavy atom. The van der Waals surface area contributed by atoms with Gasteiger partial charge >= 0.3 is 11.9 Å². The molecule has 6 heteroatoms. The molecule has 0 aromatic rings. The minimum atomic E-state index is -1.37. The van der Waals surface area contributed by atoms with E-state index in [-0.39, 0.29) is 31.0 Å². The molecule has 0 aliphatic heterocycles. The van der Waals surface area contributed by atoms with E-state index in [9.17, 15) is 14.4 Å². The van der Waals surface area contributed by atoms with Crippen molar-refractivity contribution in [1.82, 2.24) is 5.32 Å². The third-order valence-electron chi connectivity index (χ3n) is 3.53. The maximum atomic E-state index is 12.2. The first-order valence-electron chi connectivity index (χ1n) is 7.14. The quantitative estimate of drug-likeness (QED) is 0.582. The smallest absolute Gasteiger partial charge is 0.340 e. The van der Waals surface area contributed by atoms with Crippen LogP contribution in [0, 0.1) is 11.8 Å². The summed E-state index contributed by atoms with van der Waals surface area (Å²) in [7, 11) is 0. The van der Waals surface area contributed by atoms with Crippen LogP contribution in [0.5, 0.6) is 0 Å². The molecule has 114 valence electrons. The van der Waals surface area contributed by atoms with Crippen LogP contribution < -0.4 is 5.32 Å². The van der Waals surface area contributed by atoms with Gasteiger partial charge in [-0.15, -0.1) is 0 Å². The summed E-state index contributed by atoms with van der Waals surface area (Å²) < 4.78 is 9.61. The van der Waals surface area contributed by atoms with Crippen molar-refractivity contribution in [2.24, 2.45) is 11.8 Å². The highest BCUT2D eigenvalue weighted by molar-refractivity contribution is 6.02. The zero-order valence-corrected chi connectivity index (χ0v) is 12.3. The van der Waals surface area contributed by atoms with Crippen molar-refractivity contribution in [3.8, 4) is 0 Å². The SMILES string of the molecule is CCOC(=O)C(NC(=O)C1CCCC1C)C(=O)OCC. The van der Waals surface area contributed by atoms with E-state index in [1.165, 1.54) is 0 Å². The van der Waals surface area contributed by atoms with E-state index in [0.717, 1.165) is 19.3 Å². The van der Waals surface area contributed by atoms with Crippen LogP contribution in [0.3, 0.4) is 0 Å². The molecule has 1 saturated carbocycles. The molecule has 0 radical (unpaired) electrons. The van der Waals surface area contributed by atoms with Crippen LogP contribution >= 0.6 is 0 Å². The highest BCUT2D eigenvalue weighted by atomic mass is 16.6. The summed E-state index contributed by atoms with van der Waals surface area (Å²) in [6.07, 6.45) is 2.76. The molecular formula is C14H23NO5. The Morgan fingerprint density at radius 2 is 1.65 bits per heavy atom. The van der Waals surface area contributed by atoms with Crippen LogP contribution in [0.4, 0.5) is 0 Å². The van der Waals surface area contributed by atoms with Gasteiger partial charge in [-0.25, -0.2) is 9.59 Å². The van der Waals surface area contributed by atoms with Crippen LogP contribution in [0.1, 0.15) is 40.0 Å². The summed E-state index contributed by atoms with van der Waals surface area (Å²) in [5.41, 5.74) is 0. The Morgan fingerprint density at radius 1 is 1.10 bits per heavy atom. The molecule has 2 unspecified atom stereocenters. The fourth-order valence-electron chi connectivity index (χ4n) is 2.45. The van der Waals surface area contributed by atoms with Gasteiger partial charge in [0, 0.05) is 5.92 Å². The molecule has 0 saturated heterocycles. The van der Waals surface area contributed by atoms with Crippen LogP contribution in [0.15, 0.2) is 0 Å². The summed E-state index contributed by atoms with van der Waals surface area (Å²) in [5.74, 6) is -1.71. The Labute approximate surface area is 119 Å². The number of nitrogens with one attached hydrogen (secondary N) is 1. The molecule has 1 rings (SSSR count). The van der Waals surface area contributed by atoms with E-state index in [4.69, 9.17) is 9.47 Å². The van der Waals surface area contributed by atoms with E-state index in [0.29, 0.717) is 0 Å². The van der Waals surface area contributed by atoms with Crippen molar-refractivity contribution >= 4 is 17.8 Å². The second-order valence-electron chi connectivity index (χ2n) is 4.96. The first-order valence-corrected chi connectivity index (χ1v) is 7.14. The molecule has 0 spiro atoms. The zero-order valence-electron chi connectivity index (χ0n) is 12.3. The Kier molecular flexibility index (Phi) is 6.48. The van der Waals surface area contributed by atoms with Gasteiger partial charge in [0.15, 0.2) is 0 Å². The number of esters is 2. The second kappa shape index (κ2) is 7.87. The lowest BCUT2D eigenvalue weighted by atomic mass is 9.97. The summed E-state index contributed by atoms with van der Waals surface area (Å²) in [5, 5.41) is 2.47. The summed E-state index contributed by atoms with van der Waals surface area (Å²) >= 11 is 0. The highest BCUT2D eigenvalue weighted by Gasteiger charge is 2.36. The number of carbonyl (C=O) groups is 3. The third kappa shape index (κ3) is 4.21. The molecule has 1 N–H and O–H groups in total. The molecule has 1 aliphatic carbocycles. The van der Waals surface area contributed by atoms with E-state index in [2.05, 4.69) is 5.32 Å². The topological polar surface area (TPSA) is 81.7 Å². The first-order chi connectivity index (χ1) is 9.51. The van der Waals surface area contributed by atoms with Crippen LogP contribution in [-0.2, 0) is 23.9 Å². The fraction of sp³-hybridized carbons (Fsp3) is 0.786. The van der Waals surface area contributed by atoms with Gasteiger partial charge in [-0.05, 0) is 32.6 Å². The van der Waals surface area contributed by atoms with E-state index < -0.39 is 18.0 Å². The summed E-state index contributed by atoms with van der Waals surface area (Å²) in [6, 6.07) is -1.37. The summed E-state index contributed by atoms with van der Waals surface area (Å²) in [4.78, 5) is 35.7. The summed E-state index contributed by atoms with van der Waals surface area (Å²) in [6.45, 7) is 5.57. The molecule has 0 aromatic carbocycles. The van der Waals surface area contributed by atoms with Gasteiger partial charge in [-0.1, -0.05) is 13.3 Å². The van der Waals surface area contributed by atoms with Crippen molar-refractivity contribution in [3.05, 3.63) is 0 Å². The number of carbonyl (C=O) groups excluding carboxylic acids is 3. The van der Waals surface area contributed by atoms with Gasteiger partial charge in [-0.3, -0.25) is 4.79 Å². The number of rotatable bonds is 6. The molecule has 2 atom stereocenters. The van der Waals surface area contributed by atoms with E-state index in [1.807, 2.05) is 6.92 Å². The average Bonchev–Trinajstić information content (AvgIpc) is 2.82. The lowest BCUT2D eigenvalue weighted by Gasteiger charge is -2.20. The standard InChI is InChI=1S/C14H23NO5/c1-4-19-13(17)11(14(18)20-5-2)15-12(16)10-8-6-7-9(10)3/h9-11H,4-8H2,1-3H3,(H,15,16). The first kappa shape index (κ1) is 16.5. The Balaban J connectivity index is 2.70. The third-order valence-corrected chi connectivity index (χ3v) is 3.53. The van der Waals surface area contributed by atoms with Crippen molar-refractivity contribution in [2.45, 2.75) is 46.1 Å². The van der Waals surface area contributed by atoms with Crippen LogP contribution in [0.2, 0.25) is 0 Å². The van der Waals surface area contributed by atoms with Crippen molar-refractivity contribution in [2.75, 3.05) is 13.2 Å². The number of ether oxygens (including phenoxy) is 2. The van der Waals surface area contributed by atoms with Crippen LogP contribution in [0.25, 0.3) is 0 Å². The number of amides is 1. The molecule has 20 heavy (non-hydrogen) atoms. The lowest BCUT2D eigenvalue weighted by molar-refractivity contribution is -0.160. The molecule has 1 amide bonds. The fourth-order valence-corrected chi connectivity index (χ4v) is 2.45.